The second kappa shape index (κ2) is 9.32. The van der Waals surface area contributed by atoms with Crippen molar-refractivity contribution in [3.8, 4) is 0 Å². The fourth-order valence-electron chi connectivity index (χ4n) is 2.95. The molecule has 9 heteroatoms. The van der Waals surface area contributed by atoms with E-state index in [1.54, 1.807) is 24.1 Å². The highest BCUT2D eigenvalue weighted by atomic mass is 35.5. The molecule has 0 saturated heterocycles. The lowest BCUT2D eigenvalue weighted by molar-refractivity contribution is -0.137. The van der Waals surface area contributed by atoms with Crippen molar-refractivity contribution in [2.75, 3.05) is 0 Å². The van der Waals surface area contributed by atoms with Gasteiger partial charge in [-0.2, -0.15) is 13.2 Å². The molecular weight excluding hydrogens is 435 g/mol. The first-order chi connectivity index (χ1) is 14.1. The molecule has 0 aliphatic carbocycles. The van der Waals surface area contributed by atoms with E-state index in [9.17, 15) is 18.0 Å². The third kappa shape index (κ3) is 5.71. The average Bonchev–Trinajstić information content (AvgIpc) is 2.68. The Kier molecular flexibility index (Phi) is 7.00. The van der Waals surface area contributed by atoms with E-state index in [1.807, 2.05) is 12.1 Å². The number of alkyl halides is 3. The van der Waals surface area contributed by atoms with E-state index < -0.39 is 23.8 Å². The van der Waals surface area contributed by atoms with Crippen LogP contribution in [0.1, 0.15) is 42.1 Å². The minimum atomic E-state index is -4.41. The summed E-state index contributed by atoms with van der Waals surface area (Å²) in [4.78, 5) is 12.2. The van der Waals surface area contributed by atoms with Gasteiger partial charge in [-0.3, -0.25) is 4.72 Å². The van der Waals surface area contributed by atoms with E-state index >= 15 is 0 Å². The number of amides is 2. The van der Waals surface area contributed by atoms with Crippen LogP contribution in [0.3, 0.4) is 0 Å². The second-order valence-corrected chi connectivity index (χ2v) is 8.95. The molecule has 3 N–H and O–H groups in total. The van der Waals surface area contributed by atoms with Crippen LogP contribution in [0, 0.1) is 0 Å². The zero-order valence-corrected chi connectivity index (χ0v) is 17.9. The van der Waals surface area contributed by atoms with Crippen LogP contribution in [-0.2, 0) is 12.7 Å². The summed E-state index contributed by atoms with van der Waals surface area (Å²) < 4.78 is 41.7. The van der Waals surface area contributed by atoms with Crippen molar-refractivity contribution in [3.63, 3.8) is 0 Å². The summed E-state index contributed by atoms with van der Waals surface area (Å²) in [6.07, 6.45) is -2.67. The molecule has 1 heterocycles. The summed E-state index contributed by atoms with van der Waals surface area (Å²) in [6.45, 7) is 4.79. The maximum Gasteiger partial charge on any atom is 0.416 e. The lowest BCUT2D eigenvalue weighted by Crippen LogP contribution is -2.40. The summed E-state index contributed by atoms with van der Waals surface area (Å²) in [7, 11) is 0. The van der Waals surface area contributed by atoms with Crippen molar-refractivity contribution >= 4 is 35.3 Å². The molecule has 30 heavy (non-hydrogen) atoms. The molecule has 0 bridgehead atoms. The van der Waals surface area contributed by atoms with Crippen LogP contribution in [-0.4, -0.2) is 11.3 Å². The van der Waals surface area contributed by atoms with E-state index in [0.717, 1.165) is 17.7 Å². The summed E-state index contributed by atoms with van der Waals surface area (Å²) in [6, 6.07) is 9.24. The highest BCUT2D eigenvalue weighted by Crippen LogP contribution is 2.32. The van der Waals surface area contributed by atoms with Gasteiger partial charge in [-0.05, 0) is 41.5 Å². The number of carbonyl (C=O) groups excluding carboxylic acids is 1. The topological polar surface area (TPSA) is 53.2 Å². The Morgan fingerprint density at radius 3 is 2.50 bits per heavy atom. The number of rotatable bonds is 6. The van der Waals surface area contributed by atoms with Gasteiger partial charge in [0.25, 0.3) is 0 Å². The number of hydrogen-bond donors (Lipinski definition) is 3. The third-order valence-electron chi connectivity index (χ3n) is 4.38. The number of hydrogen-bond acceptors (Lipinski definition) is 3. The monoisotopic (exact) mass is 455 g/mol. The van der Waals surface area contributed by atoms with Gasteiger partial charge in [-0.15, -0.1) is 0 Å². The van der Waals surface area contributed by atoms with Gasteiger partial charge in [0.15, 0.2) is 0 Å². The van der Waals surface area contributed by atoms with Crippen LogP contribution in [0.2, 0.25) is 5.02 Å². The van der Waals surface area contributed by atoms with E-state index in [1.165, 1.54) is 12.1 Å². The maximum absolute atomic E-state index is 12.8. The first-order valence-electron chi connectivity index (χ1n) is 9.27. The molecule has 0 spiro atoms. The van der Waals surface area contributed by atoms with Crippen molar-refractivity contribution in [3.05, 3.63) is 75.8 Å². The number of urea groups is 1. The lowest BCUT2D eigenvalue weighted by atomic mass is 9.99. The molecule has 1 aliphatic heterocycles. The number of halogens is 4. The molecule has 0 saturated carbocycles. The summed E-state index contributed by atoms with van der Waals surface area (Å²) in [5.41, 5.74) is 1.95. The Labute approximate surface area is 182 Å². The SMILES string of the molecule is CC(C)SNCc1ccc(Cl)c(C2=CC(c3ccc(C(F)(F)F)cc3)NC(=O)N2)c1. The second-order valence-electron chi connectivity index (χ2n) is 7.08. The van der Waals surface area contributed by atoms with Gasteiger partial charge in [0.1, 0.15) is 0 Å². The fourth-order valence-corrected chi connectivity index (χ4v) is 3.75. The minimum Gasteiger partial charge on any atom is -0.327 e. The Bertz CT molecular complexity index is 946. The van der Waals surface area contributed by atoms with Crippen molar-refractivity contribution in [2.45, 2.75) is 37.9 Å². The van der Waals surface area contributed by atoms with E-state index in [2.05, 4.69) is 29.2 Å². The summed E-state index contributed by atoms with van der Waals surface area (Å²) in [5, 5.41) is 6.34. The Hall–Kier alpha value is -2.16. The van der Waals surface area contributed by atoms with Gasteiger partial charge in [0, 0.05) is 28.1 Å². The van der Waals surface area contributed by atoms with Crippen LogP contribution < -0.4 is 15.4 Å². The Balaban J connectivity index is 1.86. The molecule has 2 aromatic carbocycles. The Morgan fingerprint density at radius 1 is 1.17 bits per heavy atom. The molecule has 160 valence electrons. The predicted molar refractivity (Wildman–Crippen MR) is 115 cm³/mol. The van der Waals surface area contributed by atoms with Crippen LogP contribution in [0.5, 0.6) is 0 Å². The standard InChI is InChI=1S/C21H21ClF3N3OS/c1-12(2)30-26-11-13-3-8-17(22)16(9-13)19-10-18(27-20(29)28-19)14-4-6-15(7-5-14)21(23,24)25/h3-10,12,18,26H,11H2,1-2H3,(H2,27,28,29). The van der Waals surface area contributed by atoms with Crippen molar-refractivity contribution < 1.29 is 18.0 Å². The van der Waals surface area contributed by atoms with Gasteiger partial charge in [-0.1, -0.05) is 55.6 Å². The smallest absolute Gasteiger partial charge is 0.327 e. The number of carbonyl (C=O) groups is 1. The minimum absolute atomic E-state index is 0.438. The first kappa shape index (κ1) is 22.5. The van der Waals surface area contributed by atoms with E-state index in [0.29, 0.717) is 33.6 Å². The fraction of sp³-hybridized carbons (Fsp3) is 0.286. The highest BCUT2D eigenvalue weighted by molar-refractivity contribution is 7.97. The molecule has 2 amide bonds. The molecule has 0 fully saturated rings. The van der Waals surface area contributed by atoms with Crippen molar-refractivity contribution in [1.29, 1.82) is 0 Å². The number of benzene rings is 2. The van der Waals surface area contributed by atoms with Gasteiger partial charge in [0.05, 0.1) is 11.6 Å². The summed E-state index contributed by atoms with van der Waals surface area (Å²) >= 11 is 7.98. The predicted octanol–water partition coefficient (Wildman–Crippen LogP) is 5.90. The van der Waals surface area contributed by atoms with Gasteiger partial charge in [0.2, 0.25) is 0 Å². The normalized spacial score (nSPS) is 16.8. The zero-order chi connectivity index (χ0) is 21.9. The zero-order valence-electron chi connectivity index (χ0n) is 16.3. The van der Waals surface area contributed by atoms with E-state index in [-0.39, 0.29) is 0 Å². The average molecular weight is 456 g/mol. The van der Waals surface area contributed by atoms with Gasteiger partial charge in [-0.25, -0.2) is 4.79 Å². The molecule has 3 rings (SSSR count). The van der Waals surface area contributed by atoms with Crippen LogP contribution in [0.4, 0.5) is 18.0 Å². The van der Waals surface area contributed by atoms with Crippen molar-refractivity contribution in [1.82, 2.24) is 15.4 Å². The highest BCUT2D eigenvalue weighted by Gasteiger charge is 2.30. The molecule has 0 radical (unpaired) electrons. The van der Waals surface area contributed by atoms with Gasteiger partial charge >= 0.3 is 12.2 Å². The number of nitrogens with one attached hydrogen (secondary N) is 3. The quantitative estimate of drug-likeness (QED) is 0.475. The molecule has 2 aromatic rings. The molecule has 1 atom stereocenters. The third-order valence-corrected chi connectivity index (χ3v) is 5.49. The Morgan fingerprint density at radius 2 is 1.87 bits per heavy atom. The molecule has 1 unspecified atom stereocenters. The molecule has 1 aliphatic rings. The molecular formula is C21H21ClF3N3OS. The lowest BCUT2D eigenvalue weighted by Gasteiger charge is -2.25. The van der Waals surface area contributed by atoms with E-state index in [4.69, 9.17) is 11.6 Å². The van der Waals surface area contributed by atoms with Crippen LogP contribution >= 0.6 is 23.5 Å². The first-order valence-corrected chi connectivity index (χ1v) is 10.5. The molecule has 4 nitrogen and oxygen atoms in total. The largest absolute Gasteiger partial charge is 0.416 e. The van der Waals surface area contributed by atoms with Crippen LogP contribution in [0.25, 0.3) is 5.70 Å². The van der Waals surface area contributed by atoms with Gasteiger partial charge < -0.3 is 10.6 Å². The molecule has 0 aromatic heterocycles. The summed E-state index contributed by atoms with van der Waals surface area (Å²) in [5.74, 6) is 0. The van der Waals surface area contributed by atoms with Crippen molar-refractivity contribution in [2.24, 2.45) is 0 Å². The van der Waals surface area contributed by atoms with Crippen LogP contribution in [0.15, 0.2) is 48.5 Å². The maximum atomic E-state index is 12.8.